The van der Waals surface area contributed by atoms with Crippen molar-refractivity contribution in [2.75, 3.05) is 19.7 Å². The van der Waals surface area contributed by atoms with Gasteiger partial charge in [-0.05, 0) is 52.5 Å². The average molecular weight is 285 g/mol. The third-order valence-electron chi connectivity index (χ3n) is 4.40. The molecule has 0 saturated carbocycles. The summed E-state index contributed by atoms with van der Waals surface area (Å²) in [5.41, 5.74) is -0.927. The van der Waals surface area contributed by atoms with Crippen LogP contribution in [0.15, 0.2) is 0 Å². The summed E-state index contributed by atoms with van der Waals surface area (Å²) in [6.45, 7) is 12.4. The first-order valence-corrected chi connectivity index (χ1v) is 7.95. The molecule has 1 fully saturated rings. The Balaban J connectivity index is 2.85. The van der Waals surface area contributed by atoms with Gasteiger partial charge >= 0.3 is 5.97 Å². The fourth-order valence-corrected chi connectivity index (χ4v) is 3.33. The summed E-state index contributed by atoms with van der Waals surface area (Å²) in [5.74, 6) is -0.581. The van der Waals surface area contributed by atoms with Crippen LogP contribution in [-0.2, 0) is 9.53 Å². The second-order valence-corrected chi connectivity index (χ2v) is 6.56. The minimum Gasteiger partial charge on any atom is -0.466 e. The van der Waals surface area contributed by atoms with Crippen LogP contribution >= 0.6 is 0 Å². The standard InChI is InChI=1S/C16H31NO3/c1-6-20-15(18)14(12(2)3)16(19)8-7-10-17(11-9-16)13(4)5/h12-14,19H,6-11H2,1-5H3. The lowest BCUT2D eigenvalue weighted by Crippen LogP contribution is -2.47. The van der Waals surface area contributed by atoms with E-state index in [4.69, 9.17) is 4.74 Å². The number of carbonyl (C=O) groups excluding carboxylic acids is 1. The van der Waals surface area contributed by atoms with Crippen molar-refractivity contribution < 1.29 is 14.6 Å². The van der Waals surface area contributed by atoms with E-state index in [2.05, 4.69) is 18.7 Å². The van der Waals surface area contributed by atoms with Crippen LogP contribution in [0.4, 0.5) is 0 Å². The monoisotopic (exact) mass is 285 g/mol. The van der Waals surface area contributed by atoms with Gasteiger partial charge in [0.1, 0.15) is 0 Å². The van der Waals surface area contributed by atoms with E-state index in [-0.39, 0.29) is 11.9 Å². The summed E-state index contributed by atoms with van der Waals surface area (Å²) in [4.78, 5) is 14.6. The number of aliphatic hydroxyl groups is 1. The third-order valence-corrected chi connectivity index (χ3v) is 4.40. The van der Waals surface area contributed by atoms with Crippen LogP contribution in [0, 0.1) is 11.8 Å². The van der Waals surface area contributed by atoms with Crippen LogP contribution in [-0.4, -0.2) is 47.3 Å². The number of hydrogen-bond acceptors (Lipinski definition) is 4. The maximum atomic E-state index is 12.2. The summed E-state index contributed by atoms with van der Waals surface area (Å²) in [6, 6.07) is 0.484. The van der Waals surface area contributed by atoms with Gasteiger partial charge in [0, 0.05) is 12.6 Å². The Morgan fingerprint density at radius 1 is 1.25 bits per heavy atom. The lowest BCUT2D eigenvalue weighted by atomic mass is 9.75. The molecule has 4 nitrogen and oxygen atoms in total. The van der Waals surface area contributed by atoms with Gasteiger partial charge in [-0.3, -0.25) is 4.79 Å². The van der Waals surface area contributed by atoms with Crippen LogP contribution in [0.25, 0.3) is 0 Å². The summed E-state index contributed by atoms with van der Waals surface area (Å²) in [7, 11) is 0. The molecule has 0 bridgehead atoms. The molecule has 1 saturated heterocycles. The smallest absolute Gasteiger partial charge is 0.312 e. The molecule has 118 valence electrons. The van der Waals surface area contributed by atoms with Crippen LogP contribution in [0.3, 0.4) is 0 Å². The molecule has 0 spiro atoms. The second-order valence-electron chi connectivity index (χ2n) is 6.56. The third kappa shape index (κ3) is 4.19. The van der Waals surface area contributed by atoms with E-state index in [1.54, 1.807) is 0 Å². The lowest BCUT2D eigenvalue weighted by molar-refractivity contribution is -0.163. The molecule has 2 unspecified atom stereocenters. The Morgan fingerprint density at radius 3 is 2.40 bits per heavy atom. The molecule has 1 N–H and O–H groups in total. The summed E-state index contributed by atoms with van der Waals surface area (Å²) in [5, 5.41) is 11.1. The predicted molar refractivity (Wildman–Crippen MR) is 80.5 cm³/mol. The van der Waals surface area contributed by atoms with Crippen LogP contribution < -0.4 is 0 Å². The molecule has 0 aromatic carbocycles. The minimum atomic E-state index is -0.927. The topological polar surface area (TPSA) is 49.8 Å². The normalized spacial score (nSPS) is 26.6. The zero-order valence-corrected chi connectivity index (χ0v) is 13.7. The zero-order valence-electron chi connectivity index (χ0n) is 13.7. The number of ether oxygens (including phenoxy) is 1. The molecular formula is C16H31NO3. The first-order valence-electron chi connectivity index (χ1n) is 7.95. The minimum absolute atomic E-state index is 0.0876. The molecule has 0 amide bonds. The molecule has 2 atom stereocenters. The Hall–Kier alpha value is -0.610. The van der Waals surface area contributed by atoms with Crippen molar-refractivity contribution in [1.82, 2.24) is 4.90 Å². The van der Waals surface area contributed by atoms with E-state index >= 15 is 0 Å². The Morgan fingerprint density at radius 2 is 1.90 bits per heavy atom. The Kier molecular flexibility index (Phi) is 6.46. The number of carbonyl (C=O) groups is 1. The van der Waals surface area contributed by atoms with E-state index < -0.39 is 11.5 Å². The first kappa shape index (κ1) is 17.4. The molecule has 1 aliphatic rings. The Bertz CT molecular complexity index is 317. The number of esters is 1. The summed E-state index contributed by atoms with van der Waals surface area (Å²) >= 11 is 0. The first-order chi connectivity index (χ1) is 9.31. The lowest BCUT2D eigenvalue weighted by Gasteiger charge is -2.36. The van der Waals surface area contributed by atoms with Gasteiger partial charge in [0.05, 0.1) is 18.1 Å². The highest BCUT2D eigenvalue weighted by atomic mass is 16.5. The molecular weight excluding hydrogens is 254 g/mol. The fourth-order valence-electron chi connectivity index (χ4n) is 3.33. The van der Waals surface area contributed by atoms with Gasteiger partial charge in [-0.2, -0.15) is 0 Å². The van der Waals surface area contributed by atoms with Crippen molar-refractivity contribution in [3.63, 3.8) is 0 Å². The highest BCUT2D eigenvalue weighted by Gasteiger charge is 2.44. The summed E-state index contributed by atoms with van der Waals surface area (Å²) < 4.78 is 5.19. The molecule has 0 aromatic rings. The predicted octanol–water partition coefficient (Wildman–Crippen LogP) is 2.45. The van der Waals surface area contributed by atoms with E-state index in [1.165, 1.54) is 0 Å². The maximum absolute atomic E-state index is 12.2. The van der Waals surface area contributed by atoms with E-state index in [9.17, 15) is 9.90 Å². The average Bonchev–Trinajstić information content (AvgIpc) is 2.51. The Labute approximate surface area is 123 Å². The quantitative estimate of drug-likeness (QED) is 0.788. The van der Waals surface area contributed by atoms with Crippen molar-refractivity contribution >= 4 is 5.97 Å². The molecule has 1 aliphatic heterocycles. The molecule has 4 heteroatoms. The van der Waals surface area contributed by atoms with E-state index in [0.29, 0.717) is 25.5 Å². The second kappa shape index (κ2) is 7.41. The highest BCUT2D eigenvalue weighted by Crippen LogP contribution is 2.35. The van der Waals surface area contributed by atoms with Gasteiger partial charge in [0.2, 0.25) is 0 Å². The molecule has 0 aliphatic carbocycles. The number of likely N-dealkylation sites (tertiary alicyclic amines) is 1. The SMILES string of the molecule is CCOC(=O)C(C(C)C)C1(O)CCCN(C(C)C)CC1. The summed E-state index contributed by atoms with van der Waals surface area (Å²) in [6.07, 6.45) is 2.25. The van der Waals surface area contributed by atoms with E-state index in [1.807, 2.05) is 20.8 Å². The van der Waals surface area contributed by atoms with Gasteiger partial charge in [0.15, 0.2) is 0 Å². The largest absolute Gasteiger partial charge is 0.466 e. The van der Waals surface area contributed by atoms with Gasteiger partial charge in [0.25, 0.3) is 0 Å². The number of rotatable bonds is 5. The van der Waals surface area contributed by atoms with Crippen molar-refractivity contribution in [3.8, 4) is 0 Å². The molecule has 20 heavy (non-hydrogen) atoms. The van der Waals surface area contributed by atoms with Gasteiger partial charge < -0.3 is 14.7 Å². The van der Waals surface area contributed by atoms with Crippen molar-refractivity contribution in [2.45, 2.75) is 65.5 Å². The number of hydrogen-bond donors (Lipinski definition) is 1. The number of nitrogens with zero attached hydrogens (tertiary/aromatic N) is 1. The van der Waals surface area contributed by atoms with Gasteiger partial charge in [-0.1, -0.05) is 13.8 Å². The molecule has 1 rings (SSSR count). The fraction of sp³-hybridized carbons (Fsp3) is 0.938. The van der Waals surface area contributed by atoms with Crippen LogP contribution in [0.2, 0.25) is 0 Å². The molecule has 1 heterocycles. The van der Waals surface area contributed by atoms with E-state index in [0.717, 1.165) is 19.5 Å². The van der Waals surface area contributed by atoms with Gasteiger partial charge in [-0.25, -0.2) is 0 Å². The zero-order chi connectivity index (χ0) is 15.3. The van der Waals surface area contributed by atoms with Gasteiger partial charge in [-0.15, -0.1) is 0 Å². The maximum Gasteiger partial charge on any atom is 0.312 e. The van der Waals surface area contributed by atoms with Crippen molar-refractivity contribution in [1.29, 1.82) is 0 Å². The van der Waals surface area contributed by atoms with Crippen LogP contribution in [0.1, 0.15) is 53.9 Å². The molecule has 0 radical (unpaired) electrons. The van der Waals surface area contributed by atoms with Crippen molar-refractivity contribution in [2.24, 2.45) is 11.8 Å². The highest BCUT2D eigenvalue weighted by molar-refractivity contribution is 5.74. The van der Waals surface area contributed by atoms with Crippen molar-refractivity contribution in [3.05, 3.63) is 0 Å². The molecule has 0 aromatic heterocycles. The van der Waals surface area contributed by atoms with Crippen LogP contribution in [0.5, 0.6) is 0 Å².